The number of non-ortho nitro benzene ring substituents is 1. The molecule has 0 aliphatic rings. The van der Waals surface area contributed by atoms with Crippen molar-refractivity contribution < 1.29 is 9.72 Å². The van der Waals surface area contributed by atoms with E-state index in [4.69, 9.17) is 5.26 Å². The molecular weight excluding hydrogens is 246 g/mol. The van der Waals surface area contributed by atoms with E-state index in [9.17, 15) is 14.9 Å². The van der Waals surface area contributed by atoms with Gasteiger partial charge in [-0.1, -0.05) is 12.1 Å². The lowest BCUT2D eigenvalue weighted by Crippen LogP contribution is -2.30. The highest BCUT2D eigenvalue weighted by Gasteiger charge is 2.11. The van der Waals surface area contributed by atoms with Gasteiger partial charge in [0, 0.05) is 18.2 Å². The molecule has 1 N–H and O–H groups in total. The molecule has 0 spiro atoms. The fourth-order valence-corrected chi connectivity index (χ4v) is 1.38. The summed E-state index contributed by atoms with van der Waals surface area (Å²) in [7, 11) is 0. The van der Waals surface area contributed by atoms with Crippen LogP contribution >= 0.6 is 0 Å². The van der Waals surface area contributed by atoms with E-state index in [1.165, 1.54) is 24.3 Å². The van der Waals surface area contributed by atoms with Gasteiger partial charge in [0.2, 0.25) is 0 Å². The van der Waals surface area contributed by atoms with Crippen LogP contribution in [0.25, 0.3) is 6.08 Å². The molecule has 0 heterocycles. The van der Waals surface area contributed by atoms with E-state index >= 15 is 0 Å². The van der Waals surface area contributed by atoms with Crippen LogP contribution in [0.4, 0.5) is 5.69 Å². The number of hydrogen-bond donors (Lipinski definition) is 1. The molecular formula is C13H13N3O3. The molecule has 19 heavy (non-hydrogen) atoms. The molecule has 0 unspecified atom stereocenters. The van der Waals surface area contributed by atoms with Gasteiger partial charge in [0.05, 0.1) is 4.92 Å². The minimum Gasteiger partial charge on any atom is -0.349 e. The molecule has 0 aliphatic carbocycles. The third kappa shape index (κ3) is 4.24. The van der Waals surface area contributed by atoms with Gasteiger partial charge >= 0.3 is 0 Å². The van der Waals surface area contributed by atoms with Crippen LogP contribution in [0, 0.1) is 21.4 Å². The molecule has 0 radical (unpaired) electrons. The maximum Gasteiger partial charge on any atom is 0.270 e. The van der Waals surface area contributed by atoms with Gasteiger partial charge in [-0.15, -0.1) is 0 Å². The van der Waals surface area contributed by atoms with Gasteiger partial charge in [-0.05, 0) is 25.5 Å². The van der Waals surface area contributed by atoms with Gasteiger partial charge in [-0.2, -0.15) is 5.26 Å². The lowest BCUT2D eigenvalue weighted by molar-refractivity contribution is -0.384. The molecule has 98 valence electrons. The Morgan fingerprint density at radius 2 is 2.21 bits per heavy atom. The first-order valence-corrected chi connectivity index (χ1v) is 5.61. The zero-order chi connectivity index (χ0) is 14.4. The summed E-state index contributed by atoms with van der Waals surface area (Å²) in [5.74, 6) is -0.496. The van der Waals surface area contributed by atoms with Gasteiger partial charge in [0.15, 0.2) is 0 Å². The van der Waals surface area contributed by atoms with Gasteiger partial charge in [0.25, 0.3) is 11.6 Å². The maximum absolute atomic E-state index is 11.7. The number of nitro benzene ring substituents is 1. The Morgan fingerprint density at radius 3 is 2.74 bits per heavy atom. The number of rotatable bonds is 4. The van der Waals surface area contributed by atoms with Crippen molar-refractivity contribution in [3.8, 4) is 6.07 Å². The second-order valence-corrected chi connectivity index (χ2v) is 4.15. The second kappa shape index (κ2) is 6.31. The van der Waals surface area contributed by atoms with Crippen molar-refractivity contribution in [2.24, 2.45) is 0 Å². The third-order valence-electron chi connectivity index (χ3n) is 2.18. The lowest BCUT2D eigenvalue weighted by atomic mass is 10.1. The zero-order valence-corrected chi connectivity index (χ0v) is 10.6. The summed E-state index contributed by atoms with van der Waals surface area (Å²) >= 11 is 0. The van der Waals surface area contributed by atoms with Crippen LogP contribution < -0.4 is 5.32 Å². The molecule has 0 aliphatic heterocycles. The molecule has 1 aromatic carbocycles. The van der Waals surface area contributed by atoms with Crippen molar-refractivity contribution in [1.29, 1.82) is 5.26 Å². The van der Waals surface area contributed by atoms with Crippen LogP contribution in [0.1, 0.15) is 19.4 Å². The van der Waals surface area contributed by atoms with Gasteiger partial charge in [-0.3, -0.25) is 14.9 Å². The molecule has 0 saturated carbocycles. The Kier molecular flexibility index (Phi) is 4.77. The molecule has 0 fully saturated rings. The molecule has 0 aromatic heterocycles. The second-order valence-electron chi connectivity index (χ2n) is 4.15. The fraction of sp³-hybridized carbons (Fsp3) is 0.231. The minimum absolute atomic E-state index is 0.0877. The van der Waals surface area contributed by atoms with E-state index in [1.807, 2.05) is 0 Å². The van der Waals surface area contributed by atoms with Gasteiger partial charge < -0.3 is 5.32 Å². The Labute approximate surface area is 110 Å². The highest BCUT2D eigenvalue weighted by Crippen LogP contribution is 2.15. The van der Waals surface area contributed by atoms with Gasteiger partial charge in [0.1, 0.15) is 11.6 Å². The number of hydrogen-bond acceptors (Lipinski definition) is 4. The number of carbonyl (C=O) groups is 1. The summed E-state index contributed by atoms with van der Waals surface area (Å²) in [6, 6.07) is 7.43. The van der Waals surface area contributed by atoms with Crippen LogP contribution in [0.2, 0.25) is 0 Å². The summed E-state index contributed by atoms with van der Waals surface area (Å²) in [4.78, 5) is 21.8. The average molecular weight is 259 g/mol. The summed E-state index contributed by atoms with van der Waals surface area (Å²) in [6.07, 6.45) is 1.32. The van der Waals surface area contributed by atoms with Crippen LogP contribution in [0.15, 0.2) is 29.8 Å². The number of benzene rings is 1. The van der Waals surface area contributed by atoms with E-state index in [1.54, 1.807) is 26.0 Å². The third-order valence-corrected chi connectivity index (χ3v) is 2.18. The lowest BCUT2D eigenvalue weighted by Gasteiger charge is -2.06. The van der Waals surface area contributed by atoms with Crippen molar-refractivity contribution in [2.75, 3.05) is 0 Å². The van der Waals surface area contributed by atoms with Crippen LogP contribution in [-0.4, -0.2) is 16.9 Å². The largest absolute Gasteiger partial charge is 0.349 e. The van der Waals surface area contributed by atoms with Gasteiger partial charge in [-0.25, -0.2) is 0 Å². The first kappa shape index (κ1) is 14.4. The Balaban J connectivity index is 3.05. The monoisotopic (exact) mass is 259 g/mol. The fourth-order valence-electron chi connectivity index (χ4n) is 1.38. The van der Waals surface area contributed by atoms with E-state index in [-0.39, 0.29) is 17.3 Å². The predicted octanol–water partition coefficient (Wildman–Crippen LogP) is 2.03. The minimum atomic E-state index is -0.530. The van der Waals surface area contributed by atoms with E-state index in [2.05, 4.69) is 5.32 Å². The Bertz CT molecular complexity index is 571. The number of carbonyl (C=O) groups excluding carboxylic acids is 1. The molecule has 1 amide bonds. The standard InChI is InChI=1S/C13H13N3O3/c1-9(2)15-13(17)11(8-14)6-10-4-3-5-12(7-10)16(18)19/h3-7,9H,1-2H3,(H,15,17)/b11-6+. The zero-order valence-electron chi connectivity index (χ0n) is 10.6. The van der Waals surface area contributed by atoms with Crippen molar-refractivity contribution in [3.63, 3.8) is 0 Å². The number of amides is 1. The summed E-state index contributed by atoms with van der Waals surface area (Å²) in [5.41, 5.74) is 0.258. The molecule has 0 saturated heterocycles. The maximum atomic E-state index is 11.7. The molecule has 6 nitrogen and oxygen atoms in total. The van der Waals surface area contributed by atoms with E-state index < -0.39 is 10.8 Å². The van der Waals surface area contributed by atoms with E-state index in [0.29, 0.717) is 5.56 Å². The summed E-state index contributed by atoms with van der Waals surface area (Å²) in [5, 5.41) is 22.2. The highest BCUT2D eigenvalue weighted by atomic mass is 16.6. The molecule has 1 aromatic rings. The molecule has 0 bridgehead atoms. The summed E-state index contributed by atoms with van der Waals surface area (Å²) in [6.45, 7) is 3.56. The summed E-state index contributed by atoms with van der Waals surface area (Å²) < 4.78 is 0. The first-order valence-electron chi connectivity index (χ1n) is 5.61. The van der Waals surface area contributed by atoms with Crippen LogP contribution in [0.5, 0.6) is 0 Å². The Hall–Kier alpha value is -2.68. The quantitative estimate of drug-likeness (QED) is 0.387. The topological polar surface area (TPSA) is 96.0 Å². The average Bonchev–Trinajstić information content (AvgIpc) is 2.35. The van der Waals surface area contributed by atoms with Crippen molar-refractivity contribution >= 4 is 17.7 Å². The highest BCUT2D eigenvalue weighted by molar-refractivity contribution is 6.01. The van der Waals surface area contributed by atoms with E-state index in [0.717, 1.165) is 0 Å². The predicted molar refractivity (Wildman–Crippen MR) is 70.0 cm³/mol. The van der Waals surface area contributed by atoms with Crippen molar-refractivity contribution in [1.82, 2.24) is 5.32 Å². The molecule has 6 heteroatoms. The van der Waals surface area contributed by atoms with Crippen LogP contribution in [0.3, 0.4) is 0 Å². The SMILES string of the molecule is CC(C)NC(=O)/C(C#N)=C/c1cccc([N+](=O)[O-])c1. The first-order chi connectivity index (χ1) is 8.93. The Morgan fingerprint density at radius 1 is 1.53 bits per heavy atom. The molecule has 0 atom stereocenters. The van der Waals surface area contributed by atoms with Crippen LogP contribution in [-0.2, 0) is 4.79 Å². The normalized spacial score (nSPS) is 10.9. The number of nitrogens with one attached hydrogen (secondary N) is 1. The smallest absolute Gasteiger partial charge is 0.270 e. The number of nitriles is 1. The molecule has 1 rings (SSSR count). The number of nitrogens with zero attached hydrogens (tertiary/aromatic N) is 2. The van der Waals surface area contributed by atoms with Crippen molar-refractivity contribution in [3.05, 3.63) is 45.5 Å². The van der Waals surface area contributed by atoms with Crippen molar-refractivity contribution in [2.45, 2.75) is 19.9 Å². The number of nitro groups is 1.